The first-order chi connectivity index (χ1) is 9.48. The van der Waals surface area contributed by atoms with Crippen LogP contribution in [0.2, 0.25) is 5.02 Å². The van der Waals surface area contributed by atoms with Crippen molar-refractivity contribution < 1.29 is 9.90 Å². The number of carboxylic acids is 1. The molecular formula is C15H22ClNO2S. The molecule has 0 saturated heterocycles. The molecule has 1 aromatic carbocycles. The third-order valence-corrected chi connectivity index (χ3v) is 4.49. The maximum Gasteiger partial charge on any atom is 0.323 e. The quantitative estimate of drug-likeness (QED) is 0.533. The van der Waals surface area contributed by atoms with Gasteiger partial charge in [-0.25, -0.2) is 0 Å². The Morgan fingerprint density at radius 1 is 1.45 bits per heavy atom. The Bertz CT molecular complexity index is 442. The van der Waals surface area contributed by atoms with Gasteiger partial charge in [0.1, 0.15) is 5.54 Å². The van der Waals surface area contributed by atoms with Gasteiger partial charge in [0.2, 0.25) is 0 Å². The van der Waals surface area contributed by atoms with E-state index in [1.54, 1.807) is 18.7 Å². The van der Waals surface area contributed by atoms with Crippen molar-refractivity contribution in [2.45, 2.75) is 43.5 Å². The molecule has 1 atom stereocenters. The van der Waals surface area contributed by atoms with Gasteiger partial charge in [0.05, 0.1) is 0 Å². The molecule has 1 aromatic rings. The Morgan fingerprint density at radius 2 is 2.20 bits per heavy atom. The first kappa shape index (κ1) is 17.3. The molecule has 0 spiro atoms. The fraction of sp³-hybridized carbons (Fsp3) is 0.533. The van der Waals surface area contributed by atoms with Crippen molar-refractivity contribution in [2.75, 3.05) is 12.3 Å². The summed E-state index contributed by atoms with van der Waals surface area (Å²) in [7, 11) is 0. The van der Waals surface area contributed by atoms with E-state index in [1.807, 2.05) is 31.2 Å². The number of thioether (sulfide) groups is 1. The summed E-state index contributed by atoms with van der Waals surface area (Å²) in [6.07, 6.45) is 2.53. The third-order valence-electron chi connectivity index (χ3n) is 3.17. The molecule has 0 aliphatic heterocycles. The molecule has 2 N–H and O–H groups in total. The summed E-state index contributed by atoms with van der Waals surface area (Å²) >= 11 is 7.68. The maximum atomic E-state index is 11.3. The number of rotatable bonds is 9. The molecule has 0 heterocycles. The fourth-order valence-corrected chi connectivity index (χ4v) is 3.21. The molecule has 0 saturated carbocycles. The minimum absolute atomic E-state index is 0.645. The molecule has 20 heavy (non-hydrogen) atoms. The van der Waals surface area contributed by atoms with Gasteiger partial charge in [-0.1, -0.05) is 31.0 Å². The minimum atomic E-state index is -0.810. The van der Waals surface area contributed by atoms with Crippen LogP contribution in [0.25, 0.3) is 0 Å². The zero-order valence-electron chi connectivity index (χ0n) is 12.0. The largest absolute Gasteiger partial charge is 0.480 e. The molecule has 0 fully saturated rings. The number of carboxylic acid groups (broad SMARTS) is 1. The highest BCUT2D eigenvalue weighted by Gasteiger charge is 2.30. The van der Waals surface area contributed by atoms with E-state index in [0.717, 1.165) is 28.5 Å². The molecule has 0 radical (unpaired) electrons. The van der Waals surface area contributed by atoms with E-state index in [9.17, 15) is 9.90 Å². The average Bonchev–Trinajstić information content (AvgIpc) is 2.38. The van der Waals surface area contributed by atoms with Crippen LogP contribution < -0.4 is 5.32 Å². The zero-order chi connectivity index (χ0) is 15.0. The molecule has 0 amide bonds. The van der Waals surface area contributed by atoms with Crippen molar-refractivity contribution in [2.24, 2.45) is 0 Å². The highest BCUT2D eigenvalue weighted by atomic mass is 35.5. The molecule has 0 aromatic heterocycles. The van der Waals surface area contributed by atoms with Gasteiger partial charge in [0.25, 0.3) is 0 Å². The van der Waals surface area contributed by atoms with Gasteiger partial charge in [0, 0.05) is 9.92 Å². The van der Waals surface area contributed by atoms with E-state index in [-0.39, 0.29) is 0 Å². The number of aliphatic carboxylic acids is 1. The van der Waals surface area contributed by atoms with Gasteiger partial charge in [-0.2, -0.15) is 0 Å². The molecule has 1 unspecified atom stereocenters. The van der Waals surface area contributed by atoms with Gasteiger partial charge in [-0.05, 0) is 50.3 Å². The SMILES string of the molecule is CCNC(C)(CCCCSc1cccc(Cl)c1)C(=O)O. The van der Waals surface area contributed by atoms with Gasteiger partial charge in [-0.3, -0.25) is 4.79 Å². The maximum absolute atomic E-state index is 11.3. The van der Waals surface area contributed by atoms with Crippen molar-refractivity contribution in [3.63, 3.8) is 0 Å². The monoisotopic (exact) mass is 315 g/mol. The number of nitrogens with one attached hydrogen (secondary N) is 1. The molecule has 112 valence electrons. The summed E-state index contributed by atoms with van der Waals surface area (Å²) in [5.74, 6) is 0.198. The van der Waals surface area contributed by atoms with Crippen molar-refractivity contribution in [1.29, 1.82) is 0 Å². The van der Waals surface area contributed by atoms with Gasteiger partial charge in [0.15, 0.2) is 0 Å². The van der Waals surface area contributed by atoms with Crippen molar-refractivity contribution in [3.8, 4) is 0 Å². The van der Waals surface area contributed by atoms with E-state index >= 15 is 0 Å². The number of hydrogen-bond acceptors (Lipinski definition) is 3. The first-order valence-electron chi connectivity index (χ1n) is 6.85. The summed E-state index contributed by atoms with van der Waals surface area (Å²) in [5.41, 5.74) is -0.810. The van der Waals surface area contributed by atoms with E-state index in [2.05, 4.69) is 5.32 Å². The number of hydrogen-bond donors (Lipinski definition) is 2. The van der Waals surface area contributed by atoms with Crippen molar-refractivity contribution in [3.05, 3.63) is 29.3 Å². The predicted molar refractivity (Wildman–Crippen MR) is 85.7 cm³/mol. The lowest BCUT2D eigenvalue weighted by molar-refractivity contribution is -0.144. The standard InChI is InChI=1S/C15H22ClNO2S/c1-3-17-15(2,14(18)19)9-4-5-10-20-13-8-6-7-12(16)11-13/h6-8,11,17H,3-5,9-10H2,1-2H3,(H,18,19). The van der Waals surface area contributed by atoms with Gasteiger partial charge < -0.3 is 10.4 Å². The van der Waals surface area contributed by atoms with Gasteiger partial charge >= 0.3 is 5.97 Å². The number of halogens is 1. The highest BCUT2D eigenvalue weighted by molar-refractivity contribution is 7.99. The number of benzene rings is 1. The molecule has 0 aliphatic carbocycles. The molecule has 0 bridgehead atoms. The number of unbranched alkanes of at least 4 members (excludes halogenated alkanes) is 1. The normalized spacial score (nSPS) is 13.9. The minimum Gasteiger partial charge on any atom is -0.480 e. The predicted octanol–water partition coefficient (Wildman–Crippen LogP) is 4.06. The van der Waals surface area contributed by atoms with Crippen LogP contribution in [0.5, 0.6) is 0 Å². The fourth-order valence-electron chi connectivity index (χ4n) is 1.99. The Labute approximate surface area is 130 Å². The van der Waals surface area contributed by atoms with Crippen LogP contribution in [0.4, 0.5) is 0 Å². The number of carbonyl (C=O) groups is 1. The summed E-state index contributed by atoms with van der Waals surface area (Å²) in [6, 6.07) is 7.79. The first-order valence-corrected chi connectivity index (χ1v) is 8.21. The molecular weight excluding hydrogens is 294 g/mol. The van der Waals surface area contributed by atoms with Crippen LogP contribution in [-0.4, -0.2) is 28.9 Å². The highest BCUT2D eigenvalue weighted by Crippen LogP contribution is 2.23. The topological polar surface area (TPSA) is 49.3 Å². The third kappa shape index (κ3) is 5.73. The summed E-state index contributed by atoms with van der Waals surface area (Å²) < 4.78 is 0. The molecule has 0 aliphatic rings. The second kappa shape index (κ2) is 8.55. The summed E-state index contributed by atoms with van der Waals surface area (Å²) in [5, 5.41) is 13.0. The lowest BCUT2D eigenvalue weighted by Gasteiger charge is -2.25. The van der Waals surface area contributed by atoms with Crippen LogP contribution in [0.3, 0.4) is 0 Å². The zero-order valence-corrected chi connectivity index (χ0v) is 13.6. The van der Waals surface area contributed by atoms with Crippen molar-refractivity contribution >= 4 is 29.3 Å². The van der Waals surface area contributed by atoms with Gasteiger partial charge in [-0.15, -0.1) is 11.8 Å². The summed E-state index contributed by atoms with van der Waals surface area (Å²) in [6.45, 7) is 4.35. The second-order valence-corrected chi connectivity index (χ2v) is 6.54. The lowest BCUT2D eigenvalue weighted by Crippen LogP contribution is -2.49. The molecule has 3 nitrogen and oxygen atoms in total. The van der Waals surface area contributed by atoms with Crippen LogP contribution in [0, 0.1) is 0 Å². The van der Waals surface area contributed by atoms with E-state index in [4.69, 9.17) is 11.6 Å². The summed E-state index contributed by atoms with van der Waals surface area (Å²) in [4.78, 5) is 12.4. The second-order valence-electron chi connectivity index (χ2n) is 4.93. The van der Waals surface area contributed by atoms with E-state index in [0.29, 0.717) is 13.0 Å². The molecule has 1 rings (SSSR count). The van der Waals surface area contributed by atoms with Crippen LogP contribution >= 0.6 is 23.4 Å². The van der Waals surface area contributed by atoms with Crippen LogP contribution in [-0.2, 0) is 4.79 Å². The Kier molecular flexibility index (Phi) is 7.41. The Morgan fingerprint density at radius 3 is 2.80 bits per heavy atom. The molecule has 5 heteroatoms. The van der Waals surface area contributed by atoms with E-state index in [1.165, 1.54) is 0 Å². The van der Waals surface area contributed by atoms with Crippen LogP contribution in [0.15, 0.2) is 29.2 Å². The Balaban J connectivity index is 2.29. The van der Waals surface area contributed by atoms with E-state index < -0.39 is 11.5 Å². The lowest BCUT2D eigenvalue weighted by atomic mass is 9.95. The average molecular weight is 316 g/mol. The Hall–Kier alpha value is -0.710. The van der Waals surface area contributed by atoms with Crippen LogP contribution in [0.1, 0.15) is 33.1 Å². The van der Waals surface area contributed by atoms with Crippen molar-refractivity contribution in [1.82, 2.24) is 5.32 Å². The number of likely N-dealkylation sites (N-methyl/N-ethyl adjacent to an activating group) is 1. The smallest absolute Gasteiger partial charge is 0.323 e.